The van der Waals surface area contributed by atoms with Crippen LogP contribution in [0.25, 0.3) is 0 Å². The lowest BCUT2D eigenvalue weighted by atomic mass is 9.96. The Morgan fingerprint density at radius 3 is 2.30 bits per heavy atom. The van der Waals surface area contributed by atoms with E-state index in [9.17, 15) is 14.4 Å². The first-order valence-electron chi connectivity index (χ1n) is 9.93. The predicted molar refractivity (Wildman–Crippen MR) is 114 cm³/mol. The Bertz CT molecular complexity index is 878. The summed E-state index contributed by atoms with van der Waals surface area (Å²) in [5.74, 6) is -1.000. The van der Waals surface area contributed by atoms with E-state index in [1.54, 1.807) is 36.2 Å². The average molecular weight is 429 g/mol. The fourth-order valence-electron chi connectivity index (χ4n) is 3.40. The van der Waals surface area contributed by atoms with Crippen molar-refractivity contribution in [2.45, 2.75) is 19.4 Å². The van der Waals surface area contributed by atoms with Crippen molar-refractivity contribution < 1.29 is 19.1 Å². The minimum absolute atomic E-state index is 0.0730. The quantitative estimate of drug-likeness (QED) is 0.661. The Hall–Kier alpha value is -2.86. The Kier molecular flexibility index (Phi) is 7.46. The van der Waals surface area contributed by atoms with Crippen LogP contribution in [-0.4, -0.2) is 54.3 Å². The summed E-state index contributed by atoms with van der Waals surface area (Å²) in [6, 6.07) is 16.4. The van der Waals surface area contributed by atoms with Gasteiger partial charge in [-0.3, -0.25) is 14.4 Å². The molecule has 1 heterocycles. The van der Waals surface area contributed by atoms with Gasteiger partial charge < -0.3 is 14.5 Å². The fourth-order valence-corrected chi connectivity index (χ4v) is 3.53. The van der Waals surface area contributed by atoms with Crippen LogP contribution in [0.15, 0.2) is 54.6 Å². The Morgan fingerprint density at radius 1 is 1.03 bits per heavy atom. The van der Waals surface area contributed by atoms with Gasteiger partial charge in [-0.25, -0.2) is 0 Å². The molecule has 2 amide bonds. The highest BCUT2D eigenvalue weighted by Crippen LogP contribution is 2.21. The minimum Gasteiger partial charge on any atom is -0.455 e. The lowest BCUT2D eigenvalue weighted by Crippen LogP contribution is -2.41. The second-order valence-corrected chi connectivity index (χ2v) is 7.85. The lowest BCUT2D eigenvalue weighted by Gasteiger charge is -2.31. The molecule has 1 fully saturated rings. The highest BCUT2D eigenvalue weighted by Gasteiger charge is 2.29. The van der Waals surface area contributed by atoms with Gasteiger partial charge in [-0.15, -0.1) is 0 Å². The smallest absolute Gasteiger partial charge is 0.309 e. The first-order chi connectivity index (χ1) is 14.4. The van der Waals surface area contributed by atoms with Crippen molar-refractivity contribution in [3.8, 4) is 0 Å². The van der Waals surface area contributed by atoms with E-state index in [2.05, 4.69) is 0 Å². The molecule has 2 aromatic rings. The Balaban J connectivity index is 1.42. The lowest BCUT2D eigenvalue weighted by molar-refractivity contribution is -0.156. The topological polar surface area (TPSA) is 66.9 Å². The molecule has 0 atom stereocenters. The third kappa shape index (κ3) is 5.83. The maximum atomic E-state index is 12.5. The van der Waals surface area contributed by atoms with Crippen LogP contribution in [0, 0.1) is 5.92 Å². The molecular formula is C23H25ClN2O4. The minimum atomic E-state index is -0.380. The summed E-state index contributed by atoms with van der Waals surface area (Å²) >= 11 is 5.86. The highest BCUT2D eigenvalue weighted by atomic mass is 35.5. The summed E-state index contributed by atoms with van der Waals surface area (Å²) in [5.41, 5.74) is 1.59. The van der Waals surface area contributed by atoms with Gasteiger partial charge in [-0.05, 0) is 42.7 Å². The average Bonchev–Trinajstić information content (AvgIpc) is 2.78. The second-order valence-electron chi connectivity index (χ2n) is 7.42. The van der Waals surface area contributed by atoms with Crippen LogP contribution in [0.2, 0.25) is 5.02 Å². The first kappa shape index (κ1) is 21.8. The van der Waals surface area contributed by atoms with Gasteiger partial charge in [-0.2, -0.15) is 0 Å². The van der Waals surface area contributed by atoms with Crippen LogP contribution < -0.4 is 0 Å². The first-order valence-corrected chi connectivity index (χ1v) is 10.3. The summed E-state index contributed by atoms with van der Waals surface area (Å²) in [6.45, 7) is 1.14. The van der Waals surface area contributed by atoms with E-state index in [4.69, 9.17) is 16.3 Å². The summed E-state index contributed by atoms with van der Waals surface area (Å²) < 4.78 is 5.25. The molecule has 0 N–H and O–H groups in total. The standard InChI is InChI=1S/C23H25ClN2O4/c1-25(15-17-5-3-2-4-6-17)21(27)16-30-23(29)19-11-13-26(14-12-19)22(28)18-7-9-20(24)10-8-18/h2-10,19H,11-16H2,1H3. The van der Waals surface area contributed by atoms with E-state index in [-0.39, 0.29) is 30.3 Å². The molecule has 0 radical (unpaired) electrons. The van der Waals surface area contributed by atoms with Crippen LogP contribution in [0.3, 0.4) is 0 Å². The molecule has 0 unspecified atom stereocenters. The number of piperidine rings is 1. The molecule has 0 saturated carbocycles. The molecule has 2 aromatic carbocycles. The van der Waals surface area contributed by atoms with E-state index >= 15 is 0 Å². The van der Waals surface area contributed by atoms with Crippen LogP contribution in [0.4, 0.5) is 0 Å². The zero-order valence-electron chi connectivity index (χ0n) is 16.9. The van der Waals surface area contributed by atoms with Crippen molar-refractivity contribution in [3.05, 3.63) is 70.7 Å². The van der Waals surface area contributed by atoms with Gasteiger partial charge in [0.05, 0.1) is 5.92 Å². The third-order valence-electron chi connectivity index (χ3n) is 5.23. The van der Waals surface area contributed by atoms with Crippen molar-refractivity contribution in [1.82, 2.24) is 9.80 Å². The highest BCUT2D eigenvalue weighted by molar-refractivity contribution is 6.30. The number of carbonyl (C=O) groups excluding carboxylic acids is 3. The molecule has 0 bridgehead atoms. The van der Waals surface area contributed by atoms with Crippen molar-refractivity contribution in [2.75, 3.05) is 26.7 Å². The number of amides is 2. The Labute approximate surface area is 181 Å². The molecule has 30 heavy (non-hydrogen) atoms. The molecule has 7 heteroatoms. The number of rotatable bonds is 6. The number of nitrogens with zero attached hydrogens (tertiary/aromatic N) is 2. The van der Waals surface area contributed by atoms with Gasteiger partial charge in [0.2, 0.25) is 0 Å². The summed E-state index contributed by atoms with van der Waals surface area (Å²) in [7, 11) is 1.68. The van der Waals surface area contributed by atoms with E-state index in [1.165, 1.54) is 4.90 Å². The molecule has 0 aromatic heterocycles. The van der Waals surface area contributed by atoms with Crippen molar-refractivity contribution in [2.24, 2.45) is 5.92 Å². The van der Waals surface area contributed by atoms with E-state index < -0.39 is 0 Å². The zero-order valence-corrected chi connectivity index (χ0v) is 17.7. The van der Waals surface area contributed by atoms with Gasteiger partial charge in [0.1, 0.15) is 0 Å². The van der Waals surface area contributed by atoms with E-state index in [0.29, 0.717) is 43.1 Å². The monoisotopic (exact) mass is 428 g/mol. The van der Waals surface area contributed by atoms with Gasteiger partial charge in [0.25, 0.3) is 11.8 Å². The number of benzene rings is 2. The van der Waals surface area contributed by atoms with Gasteiger partial charge in [0.15, 0.2) is 6.61 Å². The molecule has 6 nitrogen and oxygen atoms in total. The molecule has 0 aliphatic carbocycles. The maximum absolute atomic E-state index is 12.5. The van der Waals surface area contributed by atoms with E-state index in [0.717, 1.165) is 5.56 Å². The molecular weight excluding hydrogens is 404 g/mol. The van der Waals surface area contributed by atoms with Gasteiger partial charge in [0, 0.05) is 37.3 Å². The van der Waals surface area contributed by atoms with Crippen LogP contribution >= 0.6 is 11.6 Å². The normalized spacial score (nSPS) is 14.3. The largest absolute Gasteiger partial charge is 0.455 e. The fraction of sp³-hybridized carbons (Fsp3) is 0.348. The van der Waals surface area contributed by atoms with E-state index in [1.807, 2.05) is 30.3 Å². The maximum Gasteiger partial charge on any atom is 0.309 e. The van der Waals surface area contributed by atoms with Crippen LogP contribution in [-0.2, 0) is 20.9 Å². The van der Waals surface area contributed by atoms with Crippen LogP contribution in [0.1, 0.15) is 28.8 Å². The van der Waals surface area contributed by atoms with Gasteiger partial charge in [-0.1, -0.05) is 41.9 Å². The molecule has 0 spiro atoms. The number of likely N-dealkylation sites (N-methyl/N-ethyl adjacent to an activating group) is 1. The number of ether oxygens (including phenoxy) is 1. The summed E-state index contributed by atoms with van der Waals surface area (Å²) in [5, 5.41) is 0.581. The van der Waals surface area contributed by atoms with Gasteiger partial charge >= 0.3 is 5.97 Å². The molecule has 1 saturated heterocycles. The molecule has 1 aliphatic rings. The summed E-state index contributed by atoms with van der Waals surface area (Å²) in [4.78, 5) is 40.4. The number of hydrogen-bond acceptors (Lipinski definition) is 4. The molecule has 158 valence electrons. The molecule has 1 aliphatic heterocycles. The van der Waals surface area contributed by atoms with Crippen molar-refractivity contribution >= 4 is 29.4 Å². The SMILES string of the molecule is CN(Cc1ccccc1)C(=O)COC(=O)C1CCN(C(=O)c2ccc(Cl)cc2)CC1. The number of likely N-dealkylation sites (tertiary alicyclic amines) is 1. The van der Waals surface area contributed by atoms with Crippen LogP contribution in [0.5, 0.6) is 0 Å². The summed E-state index contributed by atoms with van der Waals surface area (Å²) in [6.07, 6.45) is 1.04. The number of hydrogen-bond donors (Lipinski definition) is 0. The zero-order chi connectivity index (χ0) is 21.5. The third-order valence-corrected chi connectivity index (χ3v) is 5.48. The second kappa shape index (κ2) is 10.3. The number of esters is 1. The van der Waals surface area contributed by atoms with Crippen molar-refractivity contribution in [1.29, 1.82) is 0 Å². The molecule has 3 rings (SSSR count). The number of halogens is 1. The predicted octanol–water partition coefficient (Wildman–Crippen LogP) is 3.39. The Morgan fingerprint density at radius 2 is 1.67 bits per heavy atom. The number of carbonyl (C=O) groups is 3. The van der Waals surface area contributed by atoms with Crippen molar-refractivity contribution in [3.63, 3.8) is 0 Å².